The molecule has 17 heavy (non-hydrogen) atoms. The van der Waals surface area contributed by atoms with Crippen molar-refractivity contribution in [3.05, 3.63) is 41.4 Å². The molecule has 0 atom stereocenters. The van der Waals surface area contributed by atoms with E-state index in [0.29, 0.717) is 11.0 Å². The average Bonchev–Trinajstić information content (AvgIpc) is 2.66. The number of hydrogen-bond acceptors (Lipinski definition) is 3. The summed E-state index contributed by atoms with van der Waals surface area (Å²) in [5.41, 5.74) is -0.00939. The van der Waals surface area contributed by atoms with E-state index in [0.717, 1.165) is 6.08 Å². The molecule has 0 spiro atoms. The molecule has 0 aliphatic rings. The summed E-state index contributed by atoms with van der Waals surface area (Å²) in [6.07, 6.45) is 1.10. The first kappa shape index (κ1) is 10.9. The van der Waals surface area contributed by atoms with E-state index in [1.807, 2.05) is 0 Å². The van der Waals surface area contributed by atoms with Gasteiger partial charge in [0.05, 0.1) is 0 Å². The summed E-state index contributed by atoms with van der Waals surface area (Å²) in [4.78, 5) is 10.6. The zero-order valence-corrected chi connectivity index (χ0v) is 8.48. The Kier molecular flexibility index (Phi) is 2.63. The predicted molar refractivity (Wildman–Crippen MR) is 57.4 cm³/mol. The quantitative estimate of drug-likeness (QED) is 0.636. The lowest BCUT2D eigenvalue weighted by Crippen LogP contribution is -1.96. The molecule has 2 aromatic rings. The molecule has 0 amide bonds. The molecule has 0 saturated carbocycles. The lowest BCUT2D eigenvalue weighted by Gasteiger charge is -1.87. The molecule has 1 N–H and O–H groups in total. The van der Waals surface area contributed by atoms with Crippen LogP contribution in [0.2, 0.25) is 0 Å². The van der Waals surface area contributed by atoms with Crippen LogP contribution < -0.4 is 0 Å². The summed E-state index contributed by atoms with van der Waals surface area (Å²) in [6, 6.07) is 6.95. The maximum Gasteiger partial charge on any atom is 0.346 e. The van der Waals surface area contributed by atoms with Crippen LogP contribution in [-0.4, -0.2) is 11.1 Å². The monoisotopic (exact) mass is 231 g/mol. The van der Waals surface area contributed by atoms with Crippen molar-refractivity contribution in [3.8, 4) is 6.07 Å². The van der Waals surface area contributed by atoms with Crippen LogP contribution in [-0.2, 0) is 4.79 Å². The SMILES string of the molecule is N#C/C(=C\c1cc2cc(F)ccc2o1)C(=O)O. The van der Waals surface area contributed by atoms with Gasteiger partial charge in [-0.1, -0.05) is 0 Å². The third kappa shape index (κ3) is 2.16. The summed E-state index contributed by atoms with van der Waals surface area (Å²) < 4.78 is 18.1. The molecule has 5 heteroatoms. The van der Waals surface area contributed by atoms with Crippen molar-refractivity contribution >= 4 is 23.0 Å². The number of nitriles is 1. The largest absolute Gasteiger partial charge is 0.477 e. The van der Waals surface area contributed by atoms with Gasteiger partial charge in [0, 0.05) is 11.5 Å². The maximum absolute atomic E-state index is 12.9. The molecule has 2 rings (SSSR count). The second-order valence-corrected chi connectivity index (χ2v) is 3.31. The number of halogens is 1. The average molecular weight is 231 g/mol. The van der Waals surface area contributed by atoms with Crippen LogP contribution in [0.4, 0.5) is 4.39 Å². The lowest BCUT2D eigenvalue weighted by atomic mass is 10.2. The van der Waals surface area contributed by atoms with Gasteiger partial charge in [0.2, 0.25) is 0 Å². The minimum atomic E-state index is -1.33. The van der Waals surface area contributed by atoms with Gasteiger partial charge in [-0.2, -0.15) is 5.26 Å². The zero-order valence-electron chi connectivity index (χ0n) is 8.48. The van der Waals surface area contributed by atoms with Gasteiger partial charge in [-0.3, -0.25) is 0 Å². The fraction of sp³-hybridized carbons (Fsp3) is 0. The first-order chi connectivity index (χ1) is 8.10. The summed E-state index contributed by atoms with van der Waals surface area (Å²) in [6.45, 7) is 0. The Morgan fingerprint density at radius 3 is 2.88 bits per heavy atom. The number of hydrogen-bond donors (Lipinski definition) is 1. The summed E-state index contributed by atoms with van der Waals surface area (Å²) in [7, 11) is 0. The van der Waals surface area contributed by atoms with Gasteiger partial charge in [-0.25, -0.2) is 9.18 Å². The Hall–Kier alpha value is -2.61. The van der Waals surface area contributed by atoms with Crippen molar-refractivity contribution in [2.24, 2.45) is 0 Å². The highest BCUT2D eigenvalue weighted by molar-refractivity contribution is 5.96. The standard InChI is InChI=1S/C12H6FNO3/c13-9-1-2-11-7(3-9)4-10(17-11)5-8(6-14)12(15)16/h1-5H,(H,15,16)/b8-5+. The molecular formula is C12H6FNO3. The van der Waals surface area contributed by atoms with Gasteiger partial charge in [0.15, 0.2) is 0 Å². The number of aliphatic carboxylic acids is 1. The first-order valence-corrected chi connectivity index (χ1v) is 4.64. The molecule has 0 bridgehead atoms. The highest BCUT2D eigenvalue weighted by Gasteiger charge is 2.09. The Morgan fingerprint density at radius 2 is 2.24 bits per heavy atom. The molecule has 0 radical (unpaired) electrons. The maximum atomic E-state index is 12.9. The smallest absolute Gasteiger partial charge is 0.346 e. The number of rotatable bonds is 2. The number of carboxylic acids is 1. The van der Waals surface area contributed by atoms with Gasteiger partial charge in [-0.15, -0.1) is 0 Å². The van der Waals surface area contributed by atoms with Crippen LogP contribution in [0.1, 0.15) is 5.76 Å². The van der Waals surface area contributed by atoms with Crippen molar-refractivity contribution in [2.75, 3.05) is 0 Å². The first-order valence-electron chi connectivity index (χ1n) is 4.64. The van der Waals surface area contributed by atoms with Crippen LogP contribution in [0.5, 0.6) is 0 Å². The third-order valence-electron chi connectivity index (χ3n) is 2.13. The van der Waals surface area contributed by atoms with E-state index in [9.17, 15) is 9.18 Å². The van der Waals surface area contributed by atoms with Crippen molar-refractivity contribution < 1.29 is 18.7 Å². The topological polar surface area (TPSA) is 74.2 Å². The van der Waals surface area contributed by atoms with E-state index in [-0.39, 0.29) is 5.76 Å². The van der Waals surface area contributed by atoms with Crippen molar-refractivity contribution in [3.63, 3.8) is 0 Å². The molecule has 0 fully saturated rings. The predicted octanol–water partition coefficient (Wildman–Crippen LogP) is 2.56. The zero-order chi connectivity index (χ0) is 12.4. The van der Waals surface area contributed by atoms with E-state index < -0.39 is 17.4 Å². The number of benzene rings is 1. The van der Waals surface area contributed by atoms with Crippen LogP contribution in [0.25, 0.3) is 17.0 Å². The molecular weight excluding hydrogens is 225 g/mol. The van der Waals surface area contributed by atoms with Gasteiger partial charge in [0.1, 0.15) is 28.8 Å². The number of carbonyl (C=O) groups is 1. The second kappa shape index (κ2) is 4.10. The van der Waals surface area contributed by atoms with Crippen molar-refractivity contribution in [2.45, 2.75) is 0 Å². The number of carboxylic acid groups (broad SMARTS) is 1. The number of nitrogens with zero attached hydrogens (tertiary/aromatic N) is 1. The molecule has 0 unspecified atom stereocenters. The minimum absolute atomic E-state index is 0.199. The van der Waals surface area contributed by atoms with Crippen molar-refractivity contribution in [1.29, 1.82) is 5.26 Å². The second-order valence-electron chi connectivity index (χ2n) is 3.31. The van der Waals surface area contributed by atoms with Crippen LogP contribution >= 0.6 is 0 Å². The minimum Gasteiger partial charge on any atom is -0.477 e. The number of fused-ring (bicyclic) bond motifs is 1. The Morgan fingerprint density at radius 1 is 1.47 bits per heavy atom. The highest BCUT2D eigenvalue weighted by Crippen LogP contribution is 2.22. The lowest BCUT2D eigenvalue weighted by molar-refractivity contribution is -0.132. The molecule has 0 aliphatic carbocycles. The molecule has 1 aromatic carbocycles. The fourth-order valence-corrected chi connectivity index (χ4v) is 1.39. The van der Waals surface area contributed by atoms with E-state index >= 15 is 0 Å². The molecule has 84 valence electrons. The Bertz CT molecular complexity index is 664. The molecule has 0 saturated heterocycles. The number of furan rings is 1. The molecule has 0 aliphatic heterocycles. The van der Waals surface area contributed by atoms with E-state index in [1.165, 1.54) is 30.3 Å². The molecule has 4 nitrogen and oxygen atoms in total. The normalized spacial score (nSPS) is 11.4. The Labute approximate surface area is 95.2 Å². The van der Waals surface area contributed by atoms with E-state index in [1.54, 1.807) is 0 Å². The summed E-state index contributed by atoms with van der Waals surface area (Å²) in [5.74, 6) is -1.55. The fourth-order valence-electron chi connectivity index (χ4n) is 1.39. The van der Waals surface area contributed by atoms with Crippen LogP contribution in [0.3, 0.4) is 0 Å². The third-order valence-corrected chi connectivity index (χ3v) is 2.13. The molecule has 1 aromatic heterocycles. The Balaban J connectivity index is 2.51. The highest BCUT2D eigenvalue weighted by atomic mass is 19.1. The summed E-state index contributed by atoms with van der Waals surface area (Å²) >= 11 is 0. The van der Waals surface area contributed by atoms with Gasteiger partial charge in [0.25, 0.3) is 0 Å². The van der Waals surface area contributed by atoms with Gasteiger partial charge >= 0.3 is 5.97 Å². The van der Waals surface area contributed by atoms with Gasteiger partial charge < -0.3 is 9.52 Å². The van der Waals surface area contributed by atoms with E-state index in [2.05, 4.69) is 0 Å². The van der Waals surface area contributed by atoms with Gasteiger partial charge in [-0.05, 0) is 24.3 Å². The molecule has 1 heterocycles. The summed E-state index contributed by atoms with van der Waals surface area (Å²) in [5, 5.41) is 17.7. The van der Waals surface area contributed by atoms with Crippen molar-refractivity contribution in [1.82, 2.24) is 0 Å². The van der Waals surface area contributed by atoms with Crippen LogP contribution in [0, 0.1) is 17.1 Å². The van der Waals surface area contributed by atoms with E-state index in [4.69, 9.17) is 14.8 Å². The van der Waals surface area contributed by atoms with Crippen LogP contribution in [0.15, 0.2) is 34.3 Å².